The average molecular weight is 440 g/mol. The minimum atomic E-state index is -0.549. The highest BCUT2D eigenvalue weighted by Crippen LogP contribution is 2.38. The lowest BCUT2D eigenvalue weighted by atomic mass is 9.95. The fourth-order valence-corrected chi connectivity index (χ4v) is 5.11. The summed E-state index contributed by atoms with van der Waals surface area (Å²) in [5.41, 5.74) is 1.87. The zero-order chi connectivity index (χ0) is 21.6. The molecule has 0 radical (unpaired) electrons. The molecule has 4 rings (SSSR count). The molecule has 0 spiro atoms. The van der Waals surface area contributed by atoms with Gasteiger partial charge in [-0.1, -0.05) is 61.4 Å². The van der Waals surface area contributed by atoms with Gasteiger partial charge in [-0.15, -0.1) is 10.2 Å². The van der Waals surface area contributed by atoms with E-state index >= 15 is 0 Å². The van der Waals surface area contributed by atoms with E-state index in [1.165, 1.54) is 19.3 Å². The first-order chi connectivity index (χ1) is 15.2. The lowest BCUT2D eigenvalue weighted by Crippen LogP contribution is -2.15. The van der Waals surface area contributed by atoms with E-state index in [0.717, 1.165) is 34.9 Å². The Hall–Kier alpha value is -2.51. The van der Waals surface area contributed by atoms with Gasteiger partial charge in [0.05, 0.1) is 20.3 Å². The summed E-state index contributed by atoms with van der Waals surface area (Å²) in [6.45, 7) is 0. The molecule has 1 N–H and O–H groups in total. The highest BCUT2D eigenvalue weighted by atomic mass is 32.2. The standard InChI is InChI=1S/C24H29N3O3S/c1-29-21-14-13-18(15-22(21)30-2)23-25-26-24(27(23)19-11-7-4-8-12-19)31-16-20(28)17-9-5-3-6-10-17/h3,5-6,9-10,13-15,19-20,28H,4,7-8,11-12,16H2,1-2H3/t20-/m1/s1. The molecule has 0 saturated heterocycles. The number of methoxy groups -OCH3 is 2. The Balaban J connectivity index is 1.64. The van der Waals surface area contributed by atoms with E-state index in [4.69, 9.17) is 9.47 Å². The summed E-state index contributed by atoms with van der Waals surface area (Å²) >= 11 is 1.56. The molecule has 1 aliphatic rings. The molecule has 3 aromatic rings. The normalized spacial score (nSPS) is 15.6. The van der Waals surface area contributed by atoms with Crippen LogP contribution in [0, 0.1) is 0 Å². The van der Waals surface area contributed by atoms with Gasteiger partial charge in [0.15, 0.2) is 22.5 Å². The Morgan fingerprint density at radius 3 is 2.45 bits per heavy atom. The summed E-state index contributed by atoms with van der Waals surface area (Å²) < 4.78 is 13.2. The van der Waals surface area contributed by atoms with Crippen LogP contribution in [0.2, 0.25) is 0 Å². The molecule has 1 fully saturated rings. The smallest absolute Gasteiger partial charge is 0.191 e. The molecule has 1 atom stereocenters. The maximum atomic E-state index is 10.6. The zero-order valence-corrected chi connectivity index (χ0v) is 18.8. The Morgan fingerprint density at radius 2 is 1.74 bits per heavy atom. The minimum Gasteiger partial charge on any atom is -0.493 e. The van der Waals surface area contributed by atoms with E-state index in [9.17, 15) is 5.11 Å². The molecule has 0 amide bonds. The van der Waals surface area contributed by atoms with Crippen molar-refractivity contribution in [2.75, 3.05) is 20.0 Å². The second-order valence-electron chi connectivity index (χ2n) is 7.78. The van der Waals surface area contributed by atoms with Crippen LogP contribution in [-0.4, -0.2) is 39.8 Å². The van der Waals surface area contributed by atoms with Crippen molar-refractivity contribution in [3.05, 3.63) is 54.1 Å². The molecular formula is C24H29N3O3S. The Bertz CT molecular complexity index is 987. The van der Waals surface area contributed by atoms with Gasteiger partial charge in [-0.2, -0.15) is 0 Å². The van der Waals surface area contributed by atoms with Crippen LogP contribution in [0.1, 0.15) is 49.8 Å². The maximum absolute atomic E-state index is 10.6. The third kappa shape index (κ3) is 4.88. The van der Waals surface area contributed by atoms with Crippen molar-refractivity contribution in [2.45, 2.75) is 49.4 Å². The van der Waals surface area contributed by atoms with Gasteiger partial charge in [0.2, 0.25) is 0 Å². The number of aliphatic hydroxyl groups is 1. The Labute approximate surface area is 187 Å². The topological polar surface area (TPSA) is 69.4 Å². The predicted octanol–water partition coefficient (Wildman–Crippen LogP) is 5.29. The molecule has 1 saturated carbocycles. The third-order valence-electron chi connectivity index (χ3n) is 5.80. The van der Waals surface area contributed by atoms with Crippen LogP contribution >= 0.6 is 11.8 Å². The summed E-state index contributed by atoms with van der Waals surface area (Å²) in [5, 5.41) is 20.6. The molecule has 0 aliphatic heterocycles. The summed E-state index contributed by atoms with van der Waals surface area (Å²) in [4.78, 5) is 0. The molecule has 0 bridgehead atoms. The van der Waals surface area contributed by atoms with Crippen molar-refractivity contribution in [1.29, 1.82) is 0 Å². The summed E-state index contributed by atoms with van der Waals surface area (Å²) in [5.74, 6) is 2.73. The first kappa shape index (κ1) is 21.7. The number of nitrogens with zero attached hydrogens (tertiary/aromatic N) is 3. The number of hydrogen-bond donors (Lipinski definition) is 1. The van der Waals surface area contributed by atoms with Gasteiger partial charge in [0.1, 0.15) is 0 Å². The van der Waals surface area contributed by atoms with Gasteiger partial charge in [0, 0.05) is 17.4 Å². The monoisotopic (exact) mass is 439 g/mol. The second-order valence-corrected chi connectivity index (χ2v) is 8.76. The molecular weight excluding hydrogens is 410 g/mol. The summed E-state index contributed by atoms with van der Waals surface area (Å²) in [6.07, 6.45) is 5.39. The van der Waals surface area contributed by atoms with Gasteiger partial charge in [-0.25, -0.2) is 0 Å². The van der Waals surface area contributed by atoms with Crippen LogP contribution in [0.5, 0.6) is 11.5 Å². The maximum Gasteiger partial charge on any atom is 0.191 e. The van der Waals surface area contributed by atoms with Gasteiger partial charge in [-0.3, -0.25) is 4.57 Å². The van der Waals surface area contributed by atoms with Crippen molar-refractivity contribution < 1.29 is 14.6 Å². The van der Waals surface area contributed by atoms with E-state index in [1.807, 2.05) is 48.5 Å². The van der Waals surface area contributed by atoms with Crippen molar-refractivity contribution >= 4 is 11.8 Å². The number of rotatable bonds is 8. The van der Waals surface area contributed by atoms with Crippen molar-refractivity contribution in [2.24, 2.45) is 0 Å². The molecule has 1 aliphatic carbocycles. The fourth-order valence-electron chi connectivity index (χ4n) is 4.14. The Morgan fingerprint density at radius 1 is 1.00 bits per heavy atom. The lowest BCUT2D eigenvalue weighted by molar-refractivity contribution is 0.204. The second kappa shape index (κ2) is 10.2. The number of thioether (sulfide) groups is 1. The predicted molar refractivity (Wildman–Crippen MR) is 123 cm³/mol. The van der Waals surface area contributed by atoms with Gasteiger partial charge >= 0.3 is 0 Å². The van der Waals surface area contributed by atoms with E-state index in [1.54, 1.807) is 26.0 Å². The first-order valence-electron chi connectivity index (χ1n) is 10.7. The number of ether oxygens (including phenoxy) is 2. The highest BCUT2D eigenvalue weighted by Gasteiger charge is 2.25. The lowest BCUT2D eigenvalue weighted by Gasteiger charge is -2.26. The molecule has 6 nitrogen and oxygen atoms in total. The van der Waals surface area contributed by atoms with E-state index in [0.29, 0.717) is 23.3 Å². The summed E-state index contributed by atoms with van der Waals surface area (Å²) in [6, 6.07) is 16.0. The van der Waals surface area contributed by atoms with Gasteiger partial charge < -0.3 is 14.6 Å². The number of hydrogen-bond acceptors (Lipinski definition) is 6. The van der Waals surface area contributed by atoms with Crippen LogP contribution in [0.25, 0.3) is 11.4 Å². The number of aliphatic hydroxyl groups excluding tert-OH is 1. The van der Waals surface area contributed by atoms with E-state index in [2.05, 4.69) is 14.8 Å². The number of benzene rings is 2. The highest BCUT2D eigenvalue weighted by molar-refractivity contribution is 7.99. The largest absolute Gasteiger partial charge is 0.493 e. The molecule has 0 unspecified atom stereocenters. The van der Waals surface area contributed by atoms with Crippen molar-refractivity contribution in [1.82, 2.24) is 14.8 Å². The van der Waals surface area contributed by atoms with Gasteiger partial charge in [-0.05, 0) is 36.6 Å². The first-order valence-corrected chi connectivity index (χ1v) is 11.7. The summed E-state index contributed by atoms with van der Waals surface area (Å²) in [7, 11) is 3.27. The van der Waals surface area contributed by atoms with Crippen molar-refractivity contribution in [3.63, 3.8) is 0 Å². The van der Waals surface area contributed by atoms with Crippen LogP contribution < -0.4 is 9.47 Å². The zero-order valence-electron chi connectivity index (χ0n) is 18.0. The molecule has 1 heterocycles. The van der Waals surface area contributed by atoms with Crippen molar-refractivity contribution in [3.8, 4) is 22.9 Å². The van der Waals surface area contributed by atoms with Crippen LogP contribution in [0.4, 0.5) is 0 Å². The molecule has 1 aromatic heterocycles. The SMILES string of the molecule is COc1ccc(-c2nnc(SC[C@@H](O)c3ccccc3)n2C2CCCCC2)cc1OC. The van der Waals surface area contributed by atoms with E-state index in [-0.39, 0.29) is 0 Å². The minimum absolute atomic E-state index is 0.364. The average Bonchev–Trinajstić information content (AvgIpc) is 3.27. The van der Waals surface area contributed by atoms with Crippen LogP contribution in [0.3, 0.4) is 0 Å². The Kier molecular flexibility index (Phi) is 7.14. The number of aromatic nitrogens is 3. The van der Waals surface area contributed by atoms with E-state index < -0.39 is 6.10 Å². The fraction of sp³-hybridized carbons (Fsp3) is 0.417. The third-order valence-corrected chi connectivity index (χ3v) is 6.82. The molecule has 31 heavy (non-hydrogen) atoms. The van der Waals surface area contributed by atoms with Crippen LogP contribution in [0.15, 0.2) is 53.7 Å². The molecule has 164 valence electrons. The molecule has 7 heteroatoms. The quantitative estimate of drug-likeness (QED) is 0.481. The molecule has 2 aromatic carbocycles. The van der Waals surface area contributed by atoms with Crippen LogP contribution in [-0.2, 0) is 0 Å². The van der Waals surface area contributed by atoms with Gasteiger partial charge in [0.25, 0.3) is 0 Å².